The minimum absolute atomic E-state index is 0.131. The van der Waals surface area contributed by atoms with Gasteiger partial charge in [-0.2, -0.15) is 14.9 Å². The van der Waals surface area contributed by atoms with Crippen molar-refractivity contribution in [1.82, 2.24) is 15.4 Å². The summed E-state index contributed by atoms with van der Waals surface area (Å²) in [5.74, 6) is -0.394. The van der Waals surface area contributed by atoms with Gasteiger partial charge in [-0.05, 0) is 62.1 Å². The van der Waals surface area contributed by atoms with E-state index < -0.39 is 21.5 Å². The number of hydrogen-bond donors (Lipinski definition) is 1. The number of anilines is 1. The largest absolute Gasteiger partial charge is 0.433 e. The summed E-state index contributed by atoms with van der Waals surface area (Å²) in [6.45, 7) is 9.45. The molecule has 1 saturated carbocycles. The standard InChI is InChI=1S/C20H23F2N3O3S.C7H16N2O/c1-11-8-16-14(11)6-4-12(2)25(16)19-18(22)20(24-10-23-19)28-17-7-5-13(9-15(17)21)29(3,26)27;1-4-7(2)5-9-10-6-8-3/h5,7,9-12,14,16H,4,6,8H2,1-3H3;6-7,9H,4-5H2,1-3H3. The molecule has 1 saturated heterocycles. The Morgan fingerprint density at radius 3 is 2.62 bits per heavy atom. The van der Waals surface area contributed by atoms with Gasteiger partial charge in [0, 0.05) is 31.9 Å². The topological polar surface area (TPSA) is 106 Å². The number of halogens is 2. The van der Waals surface area contributed by atoms with Gasteiger partial charge in [0.1, 0.15) is 6.33 Å². The molecule has 1 aromatic heterocycles. The predicted octanol–water partition coefficient (Wildman–Crippen LogP) is 5.18. The van der Waals surface area contributed by atoms with E-state index in [9.17, 15) is 12.8 Å². The fourth-order valence-electron chi connectivity index (χ4n) is 4.90. The second-order valence-corrected chi connectivity index (χ2v) is 12.4. The molecule has 9 nitrogen and oxygen atoms in total. The minimum atomic E-state index is -3.56. The number of piperidine rings is 1. The maximum Gasteiger partial charge on any atom is 0.261 e. The number of sulfone groups is 1. The number of fused-ring (bicyclic) bond motifs is 1. The molecule has 1 N–H and O–H groups in total. The van der Waals surface area contributed by atoms with Crippen molar-refractivity contribution in [1.29, 1.82) is 0 Å². The number of aromatic nitrogens is 2. The van der Waals surface area contributed by atoms with E-state index in [2.05, 4.69) is 41.2 Å². The summed E-state index contributed by atoms with van der Waals surface area (Å²) in [6, 6.07) is 3.57. The van der Waals surface area contributed by atoms with Crippen molar-refractivity contribution in [3.8, 4) is 11.6 Å². The molecule has 1 aliphatic carbocycles. The molecule has 12 heteroatoms. The molecule has 216 valence electrons. The van der Waals surface area contributed by atoms with Crippen molar-refractivity contribution in [2.75, 3.05) is 24.7 Å². The molecule has 0 radical (unpaired) electrons. The summed E-state index contributed by atoms with van der Waals surface area (Å²) in [5.41, 5.74) is 2.79. The van der Waals surface area contributed by atoms with Crippen LogP contribution >= 0.6 is 0 Å². The Hall–Kier alpha value is -2.86. The van der Waals surface area contributed by atoms with E-state index >= 15 is 4.39 Å². The smallest absolute Gasteiger partial charge is 0.261 e. The zero-order valence-electron chi connectivity index (χ0n) is 23.4. The molecule has 0 amide bonds. The number of aliphatic imine (C=N–C) groups is 1. The van der Waals surface area contributed by atoms with E-state index in [4.69, 9.17) is 9.57 Å². The van der Waals surface area contributed by atoms with Crippen LogP contribution in [0, 0.1) is 29.4 Å². The average molecular weight is 568 g/mol. The van der Waals surface area contributed by atoms with Crippen LogP contribution in [-0.4, -0.2) is 56.7 Å². The molecule has 39 heavy (non-hydrogen) atoms. The third-order valence-corrected chi connectivity index (χ3v) is 8.59. The molecule has 1 aliphatic heterocycles. The summed E-state index contributed by atoms with van der Waals surface area (Å²) < 4.78 is 58.0. The summed E-state index contributed by atoms with van der Waals surface area (Å²) in [5, 5.41) is 0. The first-order chi connectivity index (χ1) is 18.5. The van der Waals surface area contributed by atoms with Crippen LogP contribution in [0.4, 0.5) is 14.6 Å². The summed E-state index contributed by atoms with van der Waals surface area (Å²) >= 11 is 0. The van der Waals surface area contributed by atoms with Crippen molar-refractivity contribution in [3.63, 3.8) is 0 Å². The predicted molar refractivity (Wildman–Crippen MR) is 147 cm³/mol. The fourth-order valence-corrected chi connectivity index (χ4v) is 5.53. The van der Waals surface area contributed by atoms with E-state index in [0.29, 0.717) is 17.8 Å². The van der Waals surface area contributed by atoms with Crippen LogP contribution in [0.2, 0.25) is 0 Å². The monoisotopic (exact) mass is 567 g/mol. The van der Waals surface area contributed by atoms with Crippen molar-refractivity contribution in [2.24, 2.45) is 22.7 Å². The highest BCUT2D eigenvalue weighted by Gasteiger charge is 2.47. The number of nitrogens with one attached hydrogen (secondary N) is 1. The highest BCUT2D eigenvalue weighted by atomic mass is 32.2. The Morgan fingerprint density at radius 2 is 2.00 bits per heavy atom. The van der Waals surface area contributed by atoms with E-state index in [1.807, 2.05) is 11.8 Å². The quantitative estimate of drug-likeness (QED) is 0.191. The maximum atomic E-state index is 15.2. The number of benzene rings is 1. The minimum Gasteiger partial charge on any atom is -0.433 e. The van der Waals surface area contributed by atoms with Gasteiger partial charge >= 0.3 is 0 Å². The molecular formula is C27H39F2N5O4S. The van der Waals surface area contributed by atoms with Crippen molar-refractivity contribution in [3.05, 3.63) is 36.2 Å². The Kier molecular flexibility index (Phi) is 10.6. The number of hydroxylamine groups is 1. The molecule has 2 aliphatic rings. The van der Waals surface area contributed by atoms with Gasteiger partial charge in [0.05, 0.1) is 4.90 Å². The molecule has 2 fully saturated rings. The maximum absolute atomic E-state index is 15.2. The fraction of sp³-hybridized carbons (Fsp3) is 0.593. The lowest BCUT2D eigenvalue weighted by atomic mass is 9.64. The van der Waals surface area contributed by atoms with Gasteiger partial charge in [-0.1, -0.05) is 27.2 Å². The van der Waals surface area contributed by atoms with Gasteiger partial charge in [0.25, 0.3) is 5.88 Å². The molecule has 5 unspecified atom stereocenters. The van der Waals surface area contributed by atoms with Gasteiger partial charge in [0.2, 0.25) is 5.82 Å². The summed E-state index contributed by atoms with van der Waals surface area (Å²) in [4.78, 5) is 18.3. The highest BCUT2D eigenvalue weighted by molar-refractivity contribution is 7.90. The van der Waals surface area contributed by atoms with Crippen LogP contribution in [-0.2, 0) is 14.7 Å². The molecule has 4 rings (SSSR count). The average Bonchev–Trinajstić information content (AvgIpc) is 2.88. The summed E-state index contributed by atoms with van der Waals surface area (Å²) in [7, 11) is -1.89. The van der Waals surface area contributed by atoms with Crippen LogP contribution < -0.4 is 15.1 Å². The lowest BCUT2D eigenvalue weighted by Crippen LogP contribution is -2.59. The molecule has 0 spiro atoms. The highest BCUT2D eigenvalue weighted by Crippen LogP contribution is 2.47. The van der Waals surface area contributed by atoms with Crippen LogP contribution in [0.25, 0.3) is 0 Å². The first kappa shape index (κ1) is 30.7. The molecule has 5 atom stereocenters. The Morgan fingerprint density at radius 1 is 1.26 bits per heavy atom. The Labute approximate surface area is 229 Å². The number of ether oxygens (including phenoxy) is 1. The van der Waals surface area contributed by atoms with Crippen LogP contribution in [0.5, 0.6) is 11.6 Å². The first-order valence-electron chi connectivity index (χ1n) is 13.2. The number of rotatable bonds is 9. The van der Waals surface area contributed by atoms with Gasteiger partial charge < -0.3 is 14.5 Å². The second kappa shape index (κ2) is 13.5. The number of hydrogen-bond acceptors (Lipinski definition) is 9. The second-order valence-electron chi connectivity index (χ2n) is 10.4. The van der Waals surface area contributed by atoms with E-state index in [1.54, 1.807) is 7.05 Å². The third kappa shape index (κ3) is 7.63. The molecule has 2 aromatic rings. The molecule has 0 bridgehead atoms. The van der Waals surface area contributed by atoms with E-state index in [1.165, 1.54) is 25.2 Å². The molecule has 1 aromatic carbocycles. The lowest BCUT2D eigenvalue weighted by molar-refractivity contribution is 0.0934. The molecule has 2 heterocycles. The SMILES string of the molecule is CC1CC2C1CCC(C)N2c1ncnc(Oc2ccc(S(C)(=O)=O)cc2F)c1F.CCC(C)CNOC=NC. The van der Waals surface area contributed by atoms with Crippen LogP contribution in [0.15, 0.2) is 34.4 Å². The van der Waals surface area contributed by atoms with Crippen molar-refractivity contribution in [2.45, 2.75) is 70.4 Å². The van der Waals surface area contributed by atoms with E-state index in [0.717, 1.165) is 44.2 Å². The summed E-state index contributed by atoms with van der Waals surface area (Å²) in [6.07, 6.45) is 7.80. The first-order valence-corrected chi connectivity index (χ1v) is 15.1. The zero-order chi connectivity index (χ0) is 28.7. The van der Waals surface area contributed by atoms with Gasteiger partial charge in [-0.3, -0.25) is 4.99 Å². The van der Waals surface area contributed by atoms with Crippen LogP contribution in [0.1, 0.15) is 53.4 Å². The molecular weight excluding hydrogens is 528 g/mol. The lowest BCUT2D eigenvalue weighted by Gasteiger charge is -2.55. The van der Waals surface area contributed by atoms with Crippen molar-refractivity contribution < 1.29 is 26.8 Å². The third-order valence-electron chi connectivity index (χ3n) is 7.48. The number of nitrogens with zero attached hydrogens (tertiary/aromatic N) is 4. The van der Waals surface area contributed by atoms with Gasteiger partial charge in [0.15, 0.2) is 33.6 Å². The zero-order valence-corrected chi connectivity index (χ0v) is 24.2. The van der Waals surface area contributed by atoms with Crippen LogP contribution in [0.3, 0.4) is 0 Å². The van der Waals surface area contributed by atoms with E-state index in [-0.39, 0.29) is 34.4 Å². The van der Waals surface area contributed by atoms with Crippen molar-refractivity contribution >= 4 is 22.1 Å². The normalized spacial score (nSPS) is 23.3. The van der Waals surface area contributed by atoms with Gasteiger partial charge in [-0.15, -0.1) is 0 Å². The van der Waals surface area contributed by atoms with Gasteiger partial charge in [-0.25, -0.2) is 17.8 Å². The Balaban J connectivity index is 0.000000360. The Bertz CT molecular complexity index is 1250.